The molecule has 0 unspecified atom stereocenters. The van der Waals surface area contributed by atoms with Crippen LogP contribution in [0, 0.1) is 6.92 Å². The predicted molar refractivity (Wildman–Crippen MR) is 82.8 cm³/mol. The number of ether oxygens (including phenoxy) is 2. The number of carbonyl (C=O) groups is 2. The van der Waals surface area contributed by atoms with Gasteiger partial charge in [-0.15, -0.1) is 0 Å². The van der Waals surface area contributed by atoms with Gasteiger partial charge in [-0.2, -0.15) is 0 Å². The number of esters is 1. The van der Waals surface area contributed by atoms with E-state index in [2.05, 4.69) is 5.32 Å². The molecule has 0 saturated heterocycles. The molecule has 0 aliphatic rings. The summed E-state index contributed by atoms with van der Waals surface area (Å²) >= 11 is 0. The monoisotopic (exact) mass is 317 g/mol. The minimum Gasteiger partial charge on any atom is -0.482 e. The van der Waals surface area contributed by atoms with E-state index in [4.69, 9.17) is 13.9 Å². The van der Waals surface area contributed by atoms with Crippen LogP contribution in [-0.2, 0) is 20.9 Å². The van der Waals surface area contributed by atoms with Crippen molar-refractivity contribution in [2.24, 2.45) is 0 Å². The first-order valence-electron chi connectivity index (χ1n) is 7.24. The average Bonchev–Trinajstić information content (AvgIpc) is 3.05. The molecule has 1 N–H and O–H groups in total. The molecule has 0 bridgehead atoms. The zero-order valence-corrected chi connectivity index (χ0v) is 13.1. The van der Waals surface area contributed by atoms with Crippen LogP contribution in [0.5, 0.6) is 5.75 Å². The van der Waals surface area contributed by atoms with Gasteiger partial charge in [-0.1, -0.05) is 18.2 Å². The topological polar surface area (TPSA) is 77.8 Å². The van der Waals surface area contributed by atoms with Gasteiger partial charge in [0.25, 0.3) is 5.91 Å². The summed E-state index contributed by atoms with van der Waals surface area (Å²) in [6, 6.07) is 10.8. The van der Waals surface area contributed by atoms with Gasteiger partial charge in [0.15, 0.2) is 12.7 Å². The lowest BCUT2D eigenvalue weighted by molar-refractivity contribution is -0.156. The Morgan fingerprint density at radius 2 is 2.00 bits per heavy atom. The van der Waals surface area contributed by atoms with Crippen LogP contribution in [-0.4, -0.2) is 24.6 Å². The van der Waals surface area contributed by atoms with Gasteiger partial charge in [-0.3, -0.25) is 4.79 Å². The summed E-state index contributed by atoms with van der Waals surface area (Å²) in [6.07, 6.45) is 0.617. The summed E-state index contributed by atoms with van der Waals surface area (Å²) in [4.78, 5) is 23.6. The first kappa shape index (κ1) is 16.6. The van der Waals surface area contributed by atoms with Crippen LogP contribution in [0.25, 0.3) is 0 Å². The molecule has 6 nitrogen and oxygen atoms in total. The van der Waals surface area contributed by atoms with Crippen molar-refractivity contribution in [2.75, 3.05) is 6.61 Å². The first-order chi connectivity index (χ1) is 11.1. The van der Waals surface area contributed by atoms with Crippen LogP contribution in [0.15, 0.2) is 47.1 Å². The van der Waals surface area contributed by atoms with Gasteiger partial charge in [0.2, 0.25) is 0 Å². The molecule has 1 heterocycles. The van der Waals surface area contributed by atoms with E-state index in [1.807, 2.05) is 25.1 Å². The molecule has 122 valence electrons. The highest BCUT2D eigenvalue weighted by atomic mass is 16.6. The summed E-state index contributed by atoms with van der Waals surface area (Å²) in [5.41, 5.74) is 0.921. The number of rotatable bonds is 7. The van der Waals surface area contributed by atoms with E-state index < -0.39 is 18.0 Å². The molecular formula is C17H19NO5. The Hall–Kier alpha value is -2.76. The second-order valence-electron chi connectivity index (χ2n) is 4.98. The van der Waals surface area contributed by atoms with E-state index in [1.165, 1.54) is 13.2 Å². The zero-order chi connectivity index (χ0) is 16.7. The van der Waals surface area contributed by atoms with Gasteiger partial charge in [0.05, 0.1) is 12.8 Å². The molecule has 1 aromatic heterocycles. The van der Waals surface area contributed by atoms with Crippen molar-refractivity contribution in [3.8, 4) is 5.75 Å². The minimum atomic E-state index is -0.905. The molecule has 23 heavy (non-hydrogen) atoms. The van der Waals surface area contributed by atoms with Crippen LogP contribution >= 0.6 is 0 Å². The Bertz CT molecular complexity index is 651. The molecule has 0 fully saturated rings. The summed E-state index contributed by atoms with van der Waals surface area (Å²) in [5.74, 6) is 0.235. The molecule has 6 heteroatoms. The van der Waals surface area contributed by atoms with Gasteiger partial charge in [-0.05, 0) is 37.6 Å². The molecule has 2 rings (SSSR count). The maximum absolute atomic E-state index is 11.8. The van der Waals surface area contributed by atoms with Crippen molar-refractivity contribution in [1.29, 1.82) is 0 Å². The third-order valence-electron chi connectivity index (χ3n) is 3.13. The number of amides is 1. The summed E-state index contributed by atoms with van der Waals surface area (Å²) in [5, 5.41) is 2.62. The third-order valence-corrected chi connectivity index (χ3v) is 3.13. The van der Waals surface area contributed by atoms with Crippen LogP contribution in [0.4, 0.5) is 0 Å². The Balaban J connectivity index is 1.73. The lowest BCUT2D eigenvalue weighted by Gasteiger charge is -2.14. The maximum atomic E-state index is 11.8. The molecule has 1 atom stereocenters. The fourth-order valence-electron chi connectivity index (χ4n) is 1.87. The number of benzene rings is 1. The molecule has 0 saturated carbocycles. The first-order valence-corrected chi connectivity index (χ1v) is 7.24. The standard InChI is InChI=1S/C17H19NO5/c1-12-6-3-4-8-15(12)22-11-16(19)23-13(2)17(20)18-10-14-7-5-9-21-14/h3-9,13H,10-11H2,1-2H3,(H,18,20)/t13-/m0/s1. The number of aryl methyl sites for hydroxylation is 1. The average molecular weight is 317 g/mol. The predicted octanol–water partition coefficient (Wildman–Crippen LogP) is 2.21. The smallest absolute Gasteiger partial charge is 0.344 e. The lowest BCUT2D eigenvalue weighted by atomic mass is 10.2. The fraction of sp³-hybridized carbons (Fsp3) is 0.294. The van der Waals surface area contributed by atoms with E-state index in [-0.39, 0.29) is 13.2 Å². The molecule has 2 aromatic rings. The van der Waals surface area contributed by atoms with Crippen molar-refractivity contribution in [1.82, 2.24) is 5.32 Å². The fourth-order valence-corrected chi connectivity index (χ4v) is 1.87. The van der Waals surface area contributed by atoms with Crippen LogP contribution in [0.3, 0.4) is 0 Å². The van der Waals surface area contributed by atoms with Crippen LogP contribution in [0.1, 0.15) is 18.2 Å². The molecule has 0 spiro atoms. The number of hydrogen-bond donors (Lipinski definition) is 1. The Labute approximate surface area is 134 Å². The SMILES string of the molecule is Cc1ccccc1OCC(=O)O[C@@H](C)C(=O)NCc1ccco1. The van der Waals surface area contributed by atoms with E-state index in [9.17, 15) is 9.59 Å². The van der Waals surface area contributed by atoms with E-state index in [0.29, 0.717) is 11.5 Å². The molecule has 0 aliphatic carbocycles. The molecule has 1 aromatic carbocycles. The van der Waals surface area contributed by atoms with E-state index in [0.717, 1.165) is 5.56 Å². The Morgan fingerprint density at radius 1 is 1.22 bits per heavy atom. The second kappa shape index (κ2) is 8.03. The Kier molecular flexibility index (Phi) is 5.80. The number of furan rings is 1. The number of hydrogen-bond acceptors (Lipinski definition) is 5. The maximum Gasteiger partial charge on any atom is 0.344 e. The molecular weight excluding hydrogens is 298 g/mol. The second-order valence-corrected chi connectivity index (χ2v) is 4.98. The van der Waals surface area contributed by atoms with E-state index in [1.54, 1.807) is 18.2 Å². The third kappa shape index (κ3) is 5.18. The Morgan fingerprint density at radius 3 is 2.70 bits per heavy atom. The van der Waals surface area contributed by atoms with Crippen molar-refractivity contribution in [2.45, 2.75) is 26.5 Å². The highest BCUT2D eigenvalue weighted by Crippen LogP contribution is 2.15. The normalized spacial score (nSPS) is 11.6. The van der Waals surface area contributed by atoms with Crippen LogP contribution < -0.4 is 10.1 Å². The zero-order valence-electron chi connectivity index (χ0n) is 13.1. The lowest BCUT2D eigenvalue weighted by Crippen LogP contribution is -2.36. The van der Waals surface area contributed by atoms with Gasteiger partial charge in [0, 0.05) is 0 Å². The van der Waals surface area contributed by atoms with Gasteiger partial charge >= 0.3 is 5.97 Å². The van der Waals surface area contributed by atoms with Gasteiger partial charge in [-0.25, -0.2) is 4.79 Å². The number of nitrogens with one attached hydrogen (secondary N) is 1. The van der Waals surface area contributed by atoms with Crippen molar-refractivity contribution in [3.63, 3.8) is 0 Å². The van der Waals surface area contributed by atoms with Gasteiger partial charge in [0.1, 0.15) is 11.5 Å². The highest BCUT2D eigenvalue weighted by molar-refractivity contribution is 5.83. The van der Waals surface area contributed by atoms with Crippen molar-refractivity contribution in [3.05, 3.63) is 54.0 Å². The van der Waals surface area contributed by atoms with Crippen LogP contribution in [0.2, 0.25) is 0 Å². The summed E-state index contributed by atoms with van der Waals surface area (Å²) in [7, 11) is 0. The largest absolute Gasteiger partial charge is 0.482 e. The minimum absolute atomic E-state index is 0.243. The molecule has 0 aliphatic heterocycles. The number of carbonyl (C=O) groups excluding carboxylic acids is 2. The molecule has 1 amide bonds. The van der Waals surface area contributed by atoms with E-state index >= 15 is 0 Å². The van der Waals surface area contributed by atoms with Crippen molar-refractivity contribution < 1.29 is 23.5 Å². The summed E-state index contributed by atoms with van der Waals surface area (Å²) < 4.78 is 15.5. The summed E-state index contributed by atoms with van der Waals surface area (Å²) in [6.45, 7) is 3.38. The molecule has 0 radical (unpaired) electrons. The van der Waals surface area contributed by atoms with Gasteiger partial charge < -0.3 is 19.2 Å². The van der Waals surface area contributed by atoms with Crippen molar-refractivity contribution >= 4 is 11.9 Å². The number of para-hydroxylation sites is 1. The quantitative estimate of drug-likeness (QED) is 0.792. The highest BCUT2D eigenvalue weighted by Gasteiger charge is 2.18.